The Morgan fingerprint density at radius 1 is 1.33 bits per heavy atom. The van der Waals surface area contributed by atoms with Crippen molar-refractivity contribution in [1.29, 1.82) is 0 Å². The van der Waals surface area contributed by atoms with Gasteiger partial charge in [-0.15, -0.1) is 0 Å². The van der Waals surface area contributed by atoms with Crippen LogP contribution in [0.3, 0.4) is 0 Å². The topological polar surface area (TPSA) is 21.3 Å². The van der Waals surface area contributed by atoms with Gasteiger partial charge in [-0.25, -0.2) is 4.39 Å². The first-order valence-corrected chi connectivity index (χ1v) is 5.33. The van der Waals surface area contributed by atoms with Crippen LogP contribution >= 0.6 is 0 Å². The van der Waals surface area contributed by atoms with Crippen molar-refractivity contribution < 1.29 is 9.13 Å². The number of rotatable bonds is 6. The second-order valence-electron chi connectivity index (χ2n) is 3.52. The van der Waals surface area contributed by atoms with Gasteiger partial charge in [-0.05, 0) is 37.6 Å². The van der Waals surface area contributed by atoms with Gasteiger partial charge in [0.25, 0.3) is 0 Å². The number of halogens is 1. The van der Waals surface area contributed by atoms with E-state index in [2.05, 4.69) is 19.2 Å². The van der Waals surface area contributed by atoms with E-state index < -0.39 is 0 Å². The monoisotopic (exact) mass is 211 g/mol. The van der Waals surface area contributed by atoms with Crippen molar-refractivity contribution in [3.8, 4) is 0 Å². The van der Waals surface area contributed by atoms with Crippen LogP contribution in [-0.2, 0) is 4.74 Å². The van der Waals surface area contributed by atoms with E-state index in [1.165, 1.54) is 12.1 Å². The molecule has 0 amide bonds. The van der Waals surface area contributed by atoms with E-state index >= 15 is 0 Å². The standard InChI is InChI=1S/C12H18FNO/c1-3-10(2)15-9-8-14-12-6-4-11(13)5-7-12/h4-7,10,14H,3,8-9H2,1-2H3. The summed E-state index contributed by atoms with van der Waals surface area (Å²) in [5.74, 6) is -0.212. The highest BCUT2D eigenvalue weighted by molar-refractivity contribution is 5.42. The van der Waals surface area contributed by atoms with E-state index in [4.69, 9.17) is 4.74 Å². The number of benzene rings is 1. The van der Waals surface area contributed by atoms with Gasteiger partial charge in [-0.2, -0.15) is 0 Å². The third-order valence-corrected chi connectivity index (χ3v) is 2.25. The summed E-state index contributed by atoms with van der Waals surface area (Å²) < 4.78 is 18.1. The van der Waals surface area contributed by atoms with E-state index in [-0.39, 0.29) is 5.82 Å². The fourth-order valence-corrected chi connectivity index (χ4v) is 1.14. The lowest BCUT2D eigenvalue weighted by Gasteiger charge is -2.11. The maximum atomic E-state index is 12.6. The summed E-state index contributed by atoms with van der Waals surface area (Å²) in [7, 11) is 0. The zero-order chi connectivity index (χ0) is 11.1. The molecule has 3 heteroatoms. The molecule has 1 aromatic rings. The molecule has 15 heavy (non-hydrogen) atoms. The average molecular weight is 211 g/mol. The van der Waals surface area contributed by atoms with Crippen molar-refractivity contribution in [3.63, 3.8) is 0 Å². The average Bonchev–Trinajstić information content (AvgIpc) is 2.26. The first kappa shape index (κ1) is 12.0. The number of nitrogens with one attached hydrogen (secondary N) is 1. The minimum atomic E-state index is -0.212. The van der Waals surface area contributed by atoms with Crippen LogP contribution in [-0.4, -0.2) is 19.3 Å². The van der Waals surface area contributed by atoms with Crippen LogP contribution in [0.15, 0.2) is 24.3 Å². The lowest BCUT2D eigenvalue weighted by atomic mass is 10.3. The van der Waals surface area contributed by atoms with Crippen molar-refractivity contribution in [3.05, 3.63) is 30.1 Å². The fraction of sp³-hybridized carbons (Fsp3) is 0.500. The first-order valence-electron chi connectivity index (χ1n) is 5.33. The van der Waals surface area contributed by atoms with Crippen LogP contribution in [0.25, 0.3) is 0 Å². The highest BCUT2D eigenvalue weighted by Gasteiger charge is 1.97. The van der Waals surface area contributed by atoms with Gasteiger partial charge >= 0.3 is 0 Å². The van der Waals surface area contributed by atoms with Gasteiger partial charge in [-0.3, -0.25) is 0 Å². The van der Waals surface area contributed by atoms with Crippen molar-refractivity contribution in [2.75, 3.05) is 18.5 Å². The van der Waals surface area contributed by atoms with Gasteiger partial charge in [0.2, 0.25) is 0 Å². The summed E-state index contributed by atoms with van der Waals surface area (Å²) in [5, 5.41) is 3.16. The molecule has 0 aromatic heterocycles. The van der Waals surface area contributed by atoms with E-state index in [0.717, 1.165) is 18.7 Å². The Morgan fingerprint density at radius 2 is 2.00 bits per heavy atom. The van der Waals surface area contributed by atoms with Crippen molar-refractivity contribution in [1.82, 2.24) is 0 Å². The Balaban J connectivity index is 2.17. The third kappa shape index (κ3) is 4.79. The Bertz CT molecular complexity index is 273. The van der Waals surface area contributed by atoms with Crippen molar-refractivity contribution >= 4 is 5.69 Å². The summed E-state index contributed by atoms with van der Waals surface area (Å²) in [6, 6.07) is 6.33. The lowest BCUT2D eigenvalue weighted by molar-refractivity contribution is 0.0713. The summed E-state index contributed by atoms with van der Waals surface area (Å²) in [6.45, 7) is 5.57. The molecule has 2 nitrogen and oxygen atoms in total. The Morgan fingerprint density at radius 3 is 2.60 bits per heavy atom. The normalized spacial score (nSPS) is 12.5. The van der Waals surface area contributed by atoms with Crippen LogP contribution < -0.4 is 5.32 Å². The van der Waals surface area contributed by atoms with Crippen LogP contribution in [0.2, 0.25) is 0 Å². The molecule has 1 aromatic carbocycles. The van der Waals surface area contributed by atoms with Crippen LogP contribution in [0.1, 0.15) is 20.3 Å². The van der Waals surface area contributed by atoms with Gasteiger partial charge in [-0.1, -0.05) is 6.92 Å². The van der Waals surface area contributed by atoms with Crippen LogP contribution in [0, 0.1) is 5.82 Å². The van der Waals surface area contributed by atoms with Crippen LogP contribution in [0.5, 0.6) is 0 Å². The summed E-state index contributed by atoms with van der Waals surface area (Å²) >= 11 is 0. The second kappa shape index (κ2) is 6.40. The molecule has 84 valence electrons. The molecule has 0 fully saturated rings. The van der Waals surface area contributed by atoms with E-state index in [1.54, 1.807) is 12.1 Å². The van der Waals surface area contributed by atoms with Crippen molar-refractivity contribution in [2.45, 2.75) is 26.4 Å². The molecule has 0 heterocycles. The number of anilines is 1. The quantitative estimate of drug-likeness (QED) is 0.730. The number of hydrogen-bond acceptors (Lipinski definition) is 2. The van der Waals surface area contributed by atoms with Gasteiger partial charge in [0, 0.05) is 12.2 Å². The Hall–Kier alpha value is -1.09. The predicted octanol–water partition coefficient (Wildman–Crippen LogP) is 3.05. The fourth-order valence-electron chi connectivity index (χ4n) is 1.14. The molecule has 0 bridgehead atoms. The molecule has 1 atom stereocenters. The molecule has 0 saturated carbocycles. The Kier molecular flexibility index (Phi) is 5.12. The van der Waals surface area contributed by atoms with Gasteiger partial charge < -0.3 is 10.1 Å². The minimum absolute atomic E-state index is 0.212. The molecule has 0 radical (unpaired) electrons. The highest BCUT2D eigenvalue weighted by atomic mass is 19.1. The Labute approximate surface area is 90.4 Å². The molecule has 0 aliphatic heterocycles. The molecule has 0 spiro atoms. The molecule has 0 aliphatic carbocycles. The SMILES string of the molecule is CCC(C)OCCNc1ccc(F)cc1. The minimum Gasteiger partial charge on any atom is -0.383 e. The molecule has 0 aliphatic rings. The van der Waals surface area contributed by atoms with Crippen LogP contribution in [0.4, 0.5) is 10.1 Å². The highest BCUT2D eigenvalue weighted by Crippen LogP contribution is 2.07. The molecular weight excluding hydrogens is 193 g/mol. The van der Waals surface area contributed by atoms with E-state index in [0.29, 0.717) is 12.7 Å². The molecule has 0 saturated heterocycles. The molecule has 1 N–H and O–H groups in total. The molecule has 1 rings (SSSR count). The maximum absolute atomic E-state index is 12.6. The summed E-state index contributed by atoms with van der Waals surface area (Å²) in [5.41, 5.74) is 0.921. The zero-order valence-electron chi connectivity index (χ0n) is 9.29. The number of hydrogen-bond donors (Lipinski definition) is 1. The largest absolute Gasteiger partial charge is 0.383 e. The zero-order valence-corrected chi connectivity index (χ0v) is 9.29. The van der Waals surface area contributed by atoms with Crippen molar-refractivity contribution in [2.24, 2.45) is 0 Å². The summed E-state index contributed by atoms with van der Waals surface area (Å²) in [6.07, 6.45) is 1.33. The lowest BCUT2D eigenvalue weighted by Crippen LogP contribution is -2.14. The van der Waals surface area contributed by atoms with E-state index in [1.807, 2.05) is 0 Å². The summed E-state index contributed by atoms with van der Waals surface area (Å²) in [4.78, 5) is 0. The smallest absolute Gasteiger partial charge is 0.123 e. The predicted molar refractivity (Wildman–Crippen MR) is 60.6 cm³/mol. The first-order chi connectivity index (χ1) is 7.22. The number of ether oxygens (including phenoxy) is 1. The molecular formula is C12H18FNO. The molecule has 1 unspecified atom stereocenters. The van der Waals surface area contributed by atoms with Gasteiger partial charge in [0.1, 0.15) is 5.82 Å². The van der Waals surface area contributed by atoms with E-state index in [9.17, 15) is 4.39 Å². The van der Waals surface area contributed by atoms with Gasteiger partial charge in [0.05, 0.1) is 12.7 Å². The third-order valence-electron chi connectivity index (χ3n) is 2.25. The van der Waals surface area contributed by atoms with Gasteiger partial charge in [0.15, 0.2) is 0 Å². The maximum Gasteiger partial charge on any atom is 0.123 e. The second-order valence-corrected chi connectivity index (χ2v) is 3.52.